The number of aromatic nitrogens is 2. The molecule has 1 aromatic heterocycles. The van der Waals surface area contributed by atoms with E-state index in [9.17, 15) is 4.79 Å². The molecule has 2 fully saturated rings. The number of nitrogens with zero attached hydrogens (tertiary/aromatic N) is 3. The number of carbonyl (C=O) groups excluding carboxylic acids is 1. The van der Waals surface area contributed by atoms with Gasteiger partial charge in [0.15, 0.2) is 0 Å². The fourth-order valence-corrected chi connectivity index (χ4v) is 4.64. The zero-order valence-electron chi connectivity index (χ0n) is 15.0. The summed E-state index contributed by atoms with van der Waals surface area (Å²) in [4.78, 5) is 17.4. The van der Waals surface area contributed by atoms with Crippen molar-refractivity contribution in [1.82, 2.24) is 20.0 Å². The van der Waals surface area contributed by atoms with E-state index in [4.69, 9.17) is 0 Å². The highest BCUT2D eigenvalue weighted by Crippen LogP contribution is 2.45. The van der Waals surface area contributed by atoms with Crippen LogP contribution in [0, 0.1) is 12.8 Å². The molecule has 25 heavy (non-hydrogen) atoms. The monoisotopic (exact) mass is 338 g/mol. The van der Waals surface area contributed by atoms with Gasteiger partial charge in [-0.2, -0.15) is 5.10 Å². The predicted molar refractivity (Wildman–Crippen MR) is 97.6 cm³/mol. The number of likely N-dealkylation sites (N-methyl/N-ethyl adjacent to an activating group) is 1. The molecule has 1 aromatic carbocycles. The smallest absolute Gasteiger partial charge is 0.274 e. The predicted octanol–water partition coefficient (Wildman–Crippen LogP) is 2.45. The lowest BCUT2D eigenvalue weighted by Gasteiger charge is -2.44. The number of rotatable bonds is 3. The van der Waals surface area contributed by atoms with Gasteiger partial charge in [0.05, 0.1) is 0 Å². The lowest BCUT2D eigenvalue weighted by Crippen LogP contribution is -2.51. The Morgan fingerprint density at radius 3 is 2.80 bits per heavy atom. The van der Waals surface area contributed by atoms with Gasteiger partial charge >= 0.3 is 0 Å². The summed E-state index contributed by atoms with van der Waals surface area (Å²) in [5.74, 6) is 0.536. The van der Waals surface area contributed by atoms with Crippen LogP contribution in [0.15, 0.2) is 36.4 Å². The SMILES string of the molecule is CCN1C[C@H]2CN(C(=O)c3cc(C)[nH]n3)CC[C@@]2(c2ccccc2)C1. The molecule has 5 heteroatoms. The van der Waals surface area contributed by atoms with E-state index in [1.165, 1.54) is 5.56 Å². The molecule has 2 aliphatic heterocycles. The maximum Gasteiger partial charge on any atom is 0.274 e. The van der Waals surface area contributed by atoms with Crippen LogP contribution in [-0.2, 0) is 5.41 Å². The molecule has 2 aromatic rings. The van der Waals surface area contributed by atoms with Gasteiger partial charge in [0, 0.05) is 43.2 Å². The molecule has 4 rings (SSSR count). The number of benzene rings is 1. The normalized spacial score (nSPS) is 26.6. The first-order chi connectivity index (χ1) is 12.1. The third-order valence-corrected chi connectivity index (χ3v) is 6.04. The fourth-order valence-electron chi connectivity index (χ4n) is 4.64. The zero-order valence-corrected chi connectivity index (χ0v) is 15.0. The van der Waals surface area contributed by atoms with Crippen LogP contribution in [0.4, 0.5) is 0 Å². The van der Waals surface area contributed by atoms with Crippen molar-refractivity contribution in [3.05, 3.63) is 53.3 Å². The van der Waals surface area contributed by atoms with Crippen molar-refractivity contribution in [2.75, 3.05) is 32.7 Å². The number of hydrogen-bond donors (Lipinski definition) is 1. The molecule has 1 amide bonds. The second kappa shape index (κ2) is 6.30. The molecule has 5 nitrogen and oxygen atoms in total. The largest absolute Gasteiger partial charge is 0.337 e. The van der Waals surface area contributed by atoms with Crippen LogP contribution in [0.25, 0.3) is 0 Å². The number of amides is 1. The minimum absolute atomic E-state index is 0.0564. The minimum Gasteiger partial charge on any atom is -0.337 e. The Kier molecular flexibility index (Phi) is 4.12. The van der Waals surface area contributed by atoms with E-state index in [0.717, 1.165) is 44.8 Å². The van der Waals surface area contributed by atoms with Gasteiger partial charge in [-0.3, -0.25) is 9.89 Å². The fraction of sp³-hybridized carbons (Fsp3) is 0.500. The quantitative estimate of drug-likeness (QED) is 0.935. The van der Waals surface area contributed by atoms with E-state index < -0.39 is 0 Å². The Morgan fingerprint density at radius 2 is 2.12 bits per heavy atom. The highest BCUT2D eigenvalue weighted by Gasteiger charge is 2.50. The molecule has 3 heterocycles. The average Bonchev–Trinajstić information content (AvgIpc) is 3.25. The second-order valence-electron chi connectivity index (χ2n) is 7.48. The number of piperidine rings is 1. The van der Waals surface area contributed by atoms with Gasteiger partial charge < -0.3 is 9.80 Å². The summed E-state index contributed by atoms with van der Waals surface area (Å²) < 4.78 is 0. The minimum atomic E-state index is 0.0564. The summed E-state index contributed by atoms with van der Waals surface area (Å²) in [6.07, 6.45) is 1.02. The lowest BCUT2D eigenvalue weighted by molar-refractivity contribution is 0.0597. The van der Waals surface area contributed by atoms with Crippen molar-refractivity contribution in [3.8, 4) is 0 Å². The first kappa shape index (κ1) is 16.3. The zero-order chi connectivity index (χ0) is 17.4. The Bertz CT molecular complexity index is 756. The van der Waals surface area contributed by atoms with Gasteiger partial charge in [0.2, 0.25) is 0 Å². The van der Waals surface area contributed by atoms with Gasteiger partial charge in [0.1, 0.15) is 5.69 Å². The van der Waals surface area contributed by atoms with Gasteiger partial charge in [-0.1, -0.05) is 37.3 Å². The number of aryl methyl sites for hydroxylation is 1. The maximum absolute atomic E-state index is 12.8. The second-order valence-corrected chi connectivity index (χ2v) is 7.48. The summed E-state index contributed by atoms with van der Waals surface area (Å²) in [5.41, 5.74) is 3.07. The van der Waals surface area contributed by atoms with E-state index in [0.29, 0.717) is 11.6 Å². The number of carbonyl (C=O) groups is 1. The highest BCUT2D eigenvalue weighted by molar-refractivity contribution is 5.92. The summed E-state index contributed by atoms with van der Waals surface area (Å²) in [6, 6.07) is 12.7. The molecule has 0 saturated carbocycles. The van der Waals surface area contributed by atoms with Crippen molar-refractivity contribution < 1.29 is 4.79 Å². The van der Waals surface area contributed by atoms with Gasteiger partial charge in [0.25, 0.3) is 5.91 Å². The van der Waals surface area contributed by atoms with E-state index in [1.807, 2.05) is 17.9 Å². The number of nitrogens with one attached hydrogen (secondary N) is 1. The highest BCUT2D eigenvalue weighted by atomic mass is 16.2. The van der Waals surface area contributed by atoms with Crippen LogP contribution in [0.5, 0.6) is 0 Å². The lowest BCUT2D eigenvalue weighted by atomic mass is 9.68. The summed E-state index contributed by atoms with van der Waals surface area (Å²) in [7, 11) is 0. The number of aromatic amines is 1. The van der Waals surface area contributed by atoms with Crippen molar-refractivity contribution in [3.63, 3.8) is 0 Å². The van der Waals surface area contributed by atoms with Crippen molar-refractivity contribution in [2.24, 2.45) is 5.92 Å². The summed E-state index contributed by atoms with van der Waals surface area (Å²) in [6.45, 7) is 9.00. The van der Waals surface area contributed by atoms with Gasteiger partial charge in [-0.25, -0.2) is 0 Å². The average molecular weight is 338 g/mol. The Morgan fingerprint density at radius 1 is 1.32 bits per heavy atom. The molecular weight excluding hydrogens is 312 g/mol. The molecule has 2 aliphatic rings. The van der Waals surface area contributed by atoms with E-state index in [2.05, 4.69) is 52.4 Å². The molecule has 0 spiro atoms. The molecule has 0 bridgehead atoms. The standard InChI is InChI=1S/C20H26N4O/c1-3-23-12-17-13-24(19(25)18-11-15(2)21-22-18)10-9-20(17,14-23)16-7-5-4-6-8-16/h4-8,11,17H,3,9-10,12-14H2,1-2H3,(H,21,22)/t17-,20-/m0/s1. The number of H-pyrrole nitrogens is 1. The van der Waals surface area contributed by atoms with Crippen molar-refractivity contribution in [2.45, 2.75) is 25.7 Å². The molecule has 2 saturated heterocycles. The number of hydrogen-bond acceptors (Lipinski definition) is 3. The van der Waals surface area contributed by atoms with Gasteiger partial charge in [-0.15, -0.1) is 0 Å². The third-order valence-electron chi connectivity index (χ3n) is 6.04. The van der Waals surface area contributed by atoms with E-state index in [-0.39, 0.29) is 11.3 Å². The molecule has 0 aliphatic carbocycles. The molecule has 2 atom stereocenters. The van der Waals surface area contributed by atoms with Crippen LogP contribution >= 0.6 is 0 Å². The first-order valence-corrected chi connectivity index (χ1v) is 9.21. The molecule has 0 unspecified atom stereocenters. The van der Waals surface area contributed by atoms with Crippen LogP contribution in [0.3, 0.4) is 0 Å². The topological polar surface area (TPSA) is 52.2 Å². The van der Waals surface area contributed by atoms with Crippen LogP contribution in [0.2, 0.25) is 0 Å². The Hall–Kier alpha value is -2.14. The summed E-state index contributed by atoms with van der Waals surface area (Å²) in [5, 5.41) is 7.04. The molecular formula is C20H26N4O. The van der Waals surface area contributed by atoms with Crippen LogP contribution in [0.1, 0.15) is 35.1 Å². The van der Waals surface area contributed by atoms with Crippen molar-refractivity contribution >= 4 is 5.91 Å². The Labute approximate surface area is 149 Å². The number of likely N-dealkylation sites (tertiary alicyclic amines) is 2. The first-order valence-electron chi connectivity index (χ1n) is 9.21. The van der Waals surface area contributed by atoms with Crippen LogP contribution in [-0.4, -0.2) is 58.6 Å². The number of fused-ring (bicyclic) bond motifs is 1. The van der Waals surface area contributed by atoms with Gasteiger partial charge in [-0.05, 0) is 31.5 Å². The summed E-state index contributed by atoms with van der Waals surface area (Å²) >= 11 is 0. The van der Waals surface area contributed by atoms with E-state index in [1.54, 1.807) is 0 Å². The maximum atomic E-state index is 12.8. The Balaban J connectivity index is 1.60. The molecule has 0 radical (unpaired) electrons. The third kappa shape index (κ3) is 2.76. The van der Waals surface area contributed by atoms with E-state index >= 15 is 0 Å². The molecule has 1 N–H and O–H groups in total. The molecule has 132 valence electrons. The van der Waals surface area contributed by atoms with Crippen molar-refractivity contribution in [1.29, 1.82) is 0 Å². The van der Waals surface area contributed by atoms with Crippen LogP contribution < -0.4 is 0 Å².